The van der Waals surface area contributed by atoms with Crippen LogP contribution in [-0.2, 0) is 17.9 Å². The van der Waals surface area contributed by atoms with Gasteiger partial charge in [-0.2, -0.15) is 0 Å². The van der Waals surface area contributed by atoms with Gasteiger partial charge in [0.05, 0.1) is 5.52 Å². The normalized spacial score (nSPS) is 10.7. The van der Waals surface area contributed by atoms with E-state index in [0.29, 0.717) is 29.8 Å². The number of carbonyl (C=O) groups is 1. The lowest BCUT2D eigenvalue weighted by molar-refractivity contribution is -0.120. The minimum atomic E-state index is -0.386. The van der Waals surface area contributed by atoms with Crippen molar-refractivity contribution in [2.24, 2.45) is 0 Å². The molecule has 0 amide bonds. The van der Waals surface area contributed by atoms with E-state index in [1.54, 1.807) is 4.57 Å². The van der Waals surface area contributed by atoms with Crippen molar-refractivity contribution in [3.05, 3.63) is 76.1 Å². The van der Waals surface area contributed by atoms with Crippen LogP contribution in [0.15, 0.2) is 65.0 Å². The Morgan fingerprint density at radius 1 is 0.971 bits per heavy atom. The maximum absolute atomic E-state index is 13.4. The molecular formula is C28H33NO5. The Morgan fingerprint density at radius 2 is 1.76 bits per heavy atom. The highest BCUT2D eigenvalue weighted by Crippen LogP contribution is 2.35. The number of carbonyl (C=O) groups excluding carboxylic acids is 1. The number of rotatable bonds is 13. The van der Waals surface area contributed by atoms with Gasteiger partial charge in [0.2, 0.25) is 5.75 Å². The Balaban J connectivity index is 2.05. The fourth-order valence-corrected chi connectivity index (χ4v) is 3.71. The molecule has 3 rings (SSSR count). The van der Waals surface area contributed by atoms with Gasteiger partial charge in [-0.25, -0.2) is 0 Å². The number of pyridine rings is 1. The molecule has 34 heavy (non-hydrogen) atoms. The maximum atomic E-state index is 13.4. The van der Waals surface area contributed by atoms with Gasteiger partial charge in [0.15, 0.2) is 5.75 Å². The zero-order chi connectivity index (χ0) is 24.3. The molecule has 0 aliphatic heterocycles. The largest absolute Gasteiger partial charge is 0.489 e. The Labute approximate surface area is 200 Å². The lowest BCUT2D eigenvalue weighted by Gasteiger charge is -2.18. The predicted octanol–water partition coefficient (Wildman–Crippen LogP) is 6.04. The summed E-state index contributed by atoms with van der Waals surface area (Å²) < 4.78 is 18.8. The van der Waals surface area contributed by atoms with Gasteiger partial charge in [0, 0.05) is 18.0 Å². The number of nitrogens with zero attached hydrogens (tertiary/aromatic N) is 1. The minimum absolute atomic E-state index is 0.0851. The zero-order valence-corrected chi connectivity index (χ0v) is 20.2. The number of benzene rings is 2. The van der Waals surface area contributed by atoms with Gasteiger partial charge in [-0.1, -0.05) is 62.1 Å². The summed E-state index contributed by atoms with van der Waals surface area (Å²) in [4.78, 5) is 24.6. The molecule has 0 bridgehead atoms. The van der Waals surface area contributed by atoms with Crippen LogP contribution in [0.5, 0.6) is 17.2 Å². The van der Waals surface area contributed by atoms with E-state index in [1.807, 2.05) is 68.5 Å². The molecule has 180 valence electrons. The Morgan fingerprint density at radius 3 is 2.47 bits per heavy atom. The smallest absolute Gasteiger partial charge is 0.298 e. The highest BCUT2D eigenvalue weighted by Gasteiger charge is 2.20. The molecule has 0 aliphatic carbocycles. The molecule has 0 spiro atoms. The second-order valence-electron chi connectivity index (χ2n) is 8.44. The highest BCUT2D eigenvalue weighted by atomic mass is 16.5. The number of hydrogen-bond acceptors (Lipinski definition) is 5. The zero-order valence-electron chi connectivity index (χ0n) is 20.2. The molecule has 1 aromatic heterocycles. The van der Waals surface area contributed by atoms with Crippen molar-refractivity contribution in [1.29, 1.82) is 0 Å². The lowest BCUT2D eigenvalue weighted by Crippen LogP contribution is -2.24. The van der Waals surface area contributed by atoms with Crippen LogP contribution in [0.1, 0.15) is 52.0 Å². The van der Waals surface area contributed by atoms with Gasteiger partial charge in [-0.05, 0) is 44.0 Å². The van der Waals surface area contributed by atoms with Crippen molar-refractivity contribution in [2.45, 2.75) is 59.6 Å². The monoisotopic (exact) mass is 463 g/mol. The van der Waals surface area contributed by atoms with Crippen molar-refractivity contribution in [3.8, 4) is 17.2 Å². The van der Waals surface area contributed by atoms with Crippen molar-refractivity contribution in [1.82, 2.24) is 4.57 Å². The van der Waals surface area contributed by atoms with E-state index in [4.69, 9.17) is 14.2 Å². The first-order valence-corrected chi connectivity index (χ1v) is 11.8. The van der Waals surface area contributed by atoms with E-state index in [2.05, 4.69) is 6.92 Å². The molecule has 3 aromatic rings. The number of hydrogen-bond donors (Lipinski definition) is 0. The lowest BCUT2D eigenvalue weighted by atomic mass is 10.1. The molecule has 6 nitrogen and oxygen atoms in total. The fourth-order valence-electron chi connectivity index (χ4n) is 3.71. The fraction of sp³-hybridized carbons (Fsp3) is 0.357. The van der Waals surface area contributed by atoms with Gasteiger partial charge in [-0.3, -0.25) is 9.59 Å². The number of aromatic nitrogens is 1. The molecule has 1 heterocycles. The van der Waals surface area contributed by atoms with E-state index in [-0.39, 0.29) is 30.1 Å². The van der Waals surface area contributed by atoms with E-state index >= 15 is 0 Å². The summed E-state index contributed by atoms with van der Waals surface area (Å²) in [5, 5.41) is 0.696. The summed E-state index contributed by atoms with van der Waals surface area (Å²) >= 11 is 0. The van der Waals surface area contributed by atoms with Gasteiger partial charge >= 0.3 is 0 Å². The second-order valence-corrected chi connectivity index (χ2v) is 8.44. The van der Waals surface area contributed by atoms with Crippen LogP contribution < -0.4 is 19.8 Å². The third kappa shape index (κ3) is 6.50. The van der Waals surface area contributed by atoms with E-state index in [1.165, 1.54) is 0 Å². The van der Waals surface area contributed by atoms with Crippen LogP contribution in [0.2, 0.25) is 0 Å². The van der Waals surface area contributed by atoms with Gasteiger partial charge in [0.1, 0.15) is 19.0 Å². The first kappa shape index (κ1) is 25.1. The highest BCUT2D eigenvalue weighted by molar-refractivity contribution is 5.89. The first-order valence-electron chi connectivity index (χ1n) is 11.8. The maximum Gasteiger partial charge on any atom is 0.298 e. The topological polar surface area (TPSA) is 66.8 Å². The molecular weight excluding hydrogens is 430 g/mol. The standard InChI is InChI=1S/C28H33NO5/c1-4-5-6-10-16-29-25-18-23(33-19-22-11-8-7-9-12-22)13-14-24(25)26(32-17-15-21(2)3)27(28(29)31)34-20-30/h7-9,11-15,18,20H,4-6,10,16-17,19H2,1-3H3. The number of fused-ring (bicyclic) bond motifs is 1. The summed E-state index contributed by atoms with van der Waals surface area (Å²) in [5.74, 6) is 0.833. The number of unbranched alkanes of at least 4 members (excludes halogenated alkanes) is 3. The Bertz CT molecular complexity index is 1180. The summed E-state index contributed by atoms with van der Waals surface area (Å²) in [7, 11) is 0. The third-order valence-electron chi connectivity index (χ3n) is 5.52. The molecule has 0 unspecified atom stereocenters. The third-order valence-corrected chi connectivity index (χ3v) is 5.52. The van der Waals surface area contributed by atoms with E-state index < -0.39 is 0 Å². The van der Waals surface area contributed by atoms with Gasteiger partial charge in [-0.15, -0.1) is 0 Å². The number of aryl methyl sites for hydroxylation is 1. The predicted molar refractivity (Wildman–Crippen MR) is 135 cm³/mol. The van der Waals surface area contributed by atoms with E-state index in [9.17, 15) is 9.59 Å². The summed E-state index contributed by atoms with van der Waals surface area (Å²) in [6, 6.07) is 15.5. The molecule has 0 fully saturated rings. The first-order chi connectivity index (χ1) is 16.5. The van der Waals surface area contributed by atoms with Gasteiger partial charge in [0.25, 0.3) is 12.0 Å². The van der Waals surface area contributed by atoms with Crippen LogP contribution in [0.3, 0.4) is 0 Å². The van der Waals surface area contributed by atoms with Gasteiger partial charge < -0.3 is 18.8 Å². The van der Waals surface area contributed by atoms with Crippen LogP contribution in [-0.4, -0.2) is 17.6 Å². The average molecular weight is 464 g/mol. The second kappa shape index (κ2) is 12.6. The van der Waals surface area contributed by atoms with Crippen LogP contribution in [0.4, 0.5) is 0 Å². The number of allylic oxidation sites excluding steroid dienone is 1. The summed E-state index contributed by atoms with van der Waals surface area (Å²) in [6.45, 7) is 7.55. The van der Waals surface area contributed by atoms with Crippen LogP contribution >= 0.6 is 0 Å². The van der Waals surface area contributed by atoms with Crippen LogP contribution in [0, 0.1) is 0 Å². The molecule has 2 aromatic carbocycles. The summed E-state index contributed by atoms with van der Waals surface area (Å²) in [6.07, 6.45) is 5.96. The molecule has 0 saturated heterocycles. The SMILES string of the molecule is CCCCCCn1c(=O)c(OC=O)c(OCC=C(C)C)c2ccc(OCc3ccccc3)cc21. The van der Waals surface area contributed by atoms with E-state index in [0.717, 1.165) is 36.8 Å². The average Bonchev–Trinajstić information content (AvgIpc) is 2.84. The number of ether oxygens (including phenoxy) is 3. The van der Waals surface area contributed by atoms with Crippen molar-refractivity contribution >= 4 is 17.4 Å². The molecule has 0 atom stereocenters. The summed E-state index contributed by atoms with van der Waals surface area (Å²) in [5.41, 5.74) is 2.45. The molecule has 0 radical (unpaired) electrons. The molecule has 0 saturated carbocycles. The Kier molecular flexibility index (Phi) is 9.32. The molecule has 6 heteroatoms. The quantitative estimate of drug-likeness (QED) is 0.176. The minimum Gasteiger partial charge on any atom is -0.489 e. The van der Waals surface area contributed by atoms with Crippen LogP contribution in [0.25, 0.3) is 10.9 Å². The molecule has 0 aliphatic rings. The van der Waals surface area contributed by atoms with Crippen molar-refractivity contribution < 1.29 is 19.0 Å². The Hall–Kier alpha value is -3.54. The van der Waals surface area contributed by atoms with Crippen molar-refractivity contribution in [3.63, 3.8) is 0 Å². The van der Waals surface area contributed by atoms with Crippen molar-refractivity contribution in [2.75, 3.05) is 6.61 Å². The molecule has 0 N–H and O–H groups in total.